The van der Waals surface area contributed by atoms with Crippen molar-refractivity contribution in [2.75, 3.05) is 39.3 Å². The molecule has 1 aromatic carbocycles. The molecule has 2 saturated heterocycles. The van der Waals surface area contributed by atoms with Gasteiger partial charge in [-0.2, -0.15) is 12.7 Å². The fraction of sp³-hybridized carbons (Fsp3) is 0.625. The molecule has 0 radical (unpaired) electrons. The van der Waals surface area contributed by atoms with Crippen molar-refractivity contribution >= 4 is 27.1 Å². The standard InChI is InChI=1S/C24H36N4O5S/c1-17(2)25-9-7-20(8-10-25)33-21-5-6-22-19(15-21)16-23(28(22)18(3)4)24(29)26-11-13-27(14-12-26)34(30,31)32/h5-6,15-18,20H,7-14H2,1-4H3,(H,30,31,32). The number of hydrogen-bond donors (Lipinski definition) is 1. The number of ether oxygens (including phenoxy) is 1. The van der Waals surface area contributed by atoms with Gasteiger partial charge in [-0.3, -0.25) is 9.35 Å². The van der Waals surface area contributed by atoms with Crippen LogP contribution in [0.15, 0.2) is 24.3 Å². The zero-order chi connectivity index (χ0) is 24.6. The lowest BCUT2D eigenvalue weighted by atomic mass is 10.1. The van der Waals surface area contributed by atoms with Gasteiger partial charge < -0.3 is 19.1 Å². The number of hydrogen-bond acceptors (Lipinski definition) is 5. The Balaban J connectivity index is 1.52. The predicted molar refractivity (Wildman–Crippen MR) is 132 cm³/mol. The zero-order valence-corrected chi connectivity index (χ0v) is 21.3. The number of benzene rings is 1. The Bertz CT molecular complexity index is 1130. The molecule has 0 bridgehead atoms. The number of nitrogens with zero attached hydrogens (tertiary/aromatic N) is 4. The van der Waals surface area contributed by atoms with Crippen LogP contribution in [-0.4, -0.2) is 89.0 Å². The molecule has 9 nitrogen and oxygen atoms in total. The van der Waals surface area contributed by atoms with Crippen molar-refractivity contribution in [1.29, 1.82) is 0 Å². The molecule has 0 spiro atoms. The summed E-state index contributed by atoms with van der Waals surface area (Å²) in [6, 6.07) is 8.54. The van der Waals surface area contributed by atoms with E-state index in [9.17, 15) is 17.8 Å². The second kappa shape index (κ2) is 9.85. The largest absolute Gasteiger partial charge is 0.490 e. The van der Waals surface area contributed by atoms with E-state index < -0.39 is 10.3 Å². The molecule has 1 aromatic heterocycles. The molecular weight excluding hydrogens is 456 g/mol. The van der Waals surface area contributed by atoms with E-state index in [0.717, 1.165) is 46.9 Å². The fourth-order valence-corrected chi connectivity index (χ4v) is 5.62. The first kappa shape index (κ1) is 25.0. The molecule has 0 atom stereocenters. The van der Waals surface area contributed by atoms with Crippen molar-refractivity contribution < 1.29 is 22.5 Å². The van der Waals surface area contributed by atoms with Crippen molar-refractivity contribution in [1.82, 2.24) is 18.7 Å². The van der Waals surface area contributed by atoms with Crippen LogP contribution in [0.2, 0.25) is 0 Å². The Morgan fingerprint density at radius 3 is 2.18 bits per heavy atom. The molecule has 2 aromatic rings. The number of piperidine rings is 1. The van der Waals surface area contributed by atoms with Gasteiger partial charge >= 0.3 is 10.3 Å². The Labute approximate surface area is 202 Å². The van der Waals surface area contributed by atoms with Crippen LogP contribution in [0, 0.1) is 0 Å². The van der Waals surface area contributed by atoms with Crippen molar-refractivity contribution in [3.8, 4) is 5.75 Å². The molecule has 0 saturated carbocycles. The Kier molecular flexibility index (Phi) is 7.23. The summed E-state index contributed by atoms with van der Waals surface area (Å²) in [5, 5.41) is 0.950. The molecule has 2 aliphatic rings. The topological polar surface area (TPSA) is 95.3 Å². The second-order valence-electron chi connectivity index (χ2n) is 9.83. The number of piperazine rings is 1. The molecule has 10 heteroatoms. The summed E-state index contributed by atoms with van der Waals surface area (Å²) >= 11 is 0. The van der Waals surface area contributed by atoms with Gasteiger partial charge in [0.2, 0.25) is 0 Å². The third-order valence-corrected chi connectivity index (χ3v) is 7.93. The van der Waals surface area contributed by atoms with Gasteiger partial charge in [-0.1, -0.05) is 0 Å². The number of amides is 1. The maximum Gasteiger partial charge on any atom is 0.336 e. The third-order valence-electron chi connectivity index (χ3n) is 6.91. The van der Waals surface area contributed by atoms with E-state index in [0.29, 0.717) is 11.7 Å². The Hall–Kier alpha value is -2.14. The number of fused-ring (bicyclic) bond motifs is 1. The van der Waals surface area contributed by atoms with E-state index in [1.165, 1.54) is 0 Å². The van der Waals surface area contributed by atoms with Crippen LogP contribution < -0.4 is 4.74 Å². The zero-order valence-electron chi connectivity index (χ0n) is 20.5. The first-order valence-corrected chi connectivity index (χ1v) is 13.5. The lowest BCUT2D eigenvalue weighted by Gasteiger charge is -2.34. The molecule has 0 aliphatic carbocycles. The van der Waals surface area contributed by atoms with Gasteiger partial charge in [0.1, 0.15) is 17.5 Å². The SMILES string of the molecule is CC(C)N1CCC(Oc2ccc3c(c2)cc(C(=O)N2CCN(S(=O)(=O)O)CC2)n3C(C)C)CC1. The van der Waals surface area contributed by atoms with E-state index in [2.05, 4.69) is 18.7 Å². The van der Waals surface area contributed by atoms with Crippen LogP contribution in [0.4, 0.5) is 0 Å². The first-order valence-electron chi connectivity index (χ1n) is 12.1. The van der Waals surface area contributed by atoms with E-state index in [-0.39, 0.29) is 44.2 Å². The van der Waals surface area contributed by atoms with E-state index >= 15 is 0 Å². The molecular formula is C24H36N4O5S. The van der Waals surface area contributed by atoms with Crippen molar-refractivity contribution in [2.45, 2.75) is 58.7 Å². The van der Waals surface area contributed by atoms with Crippen LogP contribution in [0.1, 0.15) is 57.1 Å². The summed E-state index contributed by atoms with van der Waals surface area (Å²) in [5.74, 6) is 0.681. The molecule has 1 amide bonds. The maximum atomic E-state index is 13.4. The second-order valence-corrected chi connectivity index (χ2v) is 11.2. The fourth-order valence-electron chi connectivity index (χ4n) is 5.00. The van der Waals surface area contributed by atoms with Gasteiger partial charge in [-0.05, 0) is 64.8 Å². The maximum absolute atomic E-state index is 13.4. The van der Waals surface area contributed by atoms with Gasteiger partial charge in [-0.15, -0.1) is 0 Å². The van der Waals surface area contributed by atoms with Crippen molar-refractivity contribution in [3.63, 3.8) is 0 Å². The summed E-state index contributed by atoms with van der Waals surface area (Å²) in [6.07, 6.45) is 2.20. The highest BCUT2D eigenvalue weighted by Crippen LogP contribution is 2.30. The predicted octanol–water partition coefficient (Wildman–Crippen LogP) is 3.03. The number of likely N-dealkylation sites (tertiary alicyclic amines) is 1. The van der Waals surface area contributed by atoms with Gasteiger partial charge in [0, 0.05) is 62.3 Å². The van der Waals surface area contributed by atoms with E-state index in [1.54, 1.807) is 4.90 Å². The van der Waals surface area contributed by atoms with Crippen LogP contribution >= 0.6 is 0 Å². The quantitative estimate of drug-likeness (QED) is 0.623. The summed E-state index contributed by atoms with van der Waals surface area (Å²) in [5.41, 5.74) is 1.55. The average molecular weight is 493 g/mol. The van der Waals surface area contributed by atoms with Gasteiger partial charge in [-0.25, -0.2) is 0 Å². The summed E-state index contributed by atoms with van der Waals surface area (Å²) in [7, 11) is -4.23. The van der Waals surface area contributed by atoms with Crippen LogP contribution in [0.25, 0.3) is 10.9 Å². The minimum Gasteiger partial charge on any atom is -0.490 e. The summed E-state index contributed by atoms with van der Waals surface area (Å²) < 4.78 is 41.3. The summed E-state index contributed by atoms with van der Waals surface area (Å²) in [6.45, 7) is 11.3. The van der Waals surface area contributed by atoms with Crippen molar-refractivity contribution in [3.05, 3.63) is 30.0 Å². The lowest BCUT2D eigenvalue weighted by Crippen LogP contribution is -2.50. The molecule has 34 heavy (non-hydrogen) atoms. The number of rotatable bonds is 6. The molecule has 1 N–H and O–H groups in total. The van der Waals surface area contributed by atoms with E-state index in [4.69, 9.17) is 4.74 Å². The van der Waals surface area contributed by atoms with Crippen LogP contribution in [0.5, 0.6) is 5.75 Å². The smallest absolute Gasteiger partial charge is 0.336 e. The highest BCUT2D eigenvalue weighted by molar-refractivity contribution is 7.83. The Morgan fingerprint density at radius 2 is 1.62 bits per heavy atom. The molecule has 2 fully saturated rings. The van der Waals surface area contributed by atoms with Crippen LogP contribution in [0.3, 0.4) is 0 Å². The van der Waals surface area contributed by atoms with Gasteiger partial charge in [0.05, 0.1) is 0 Å². The molecule has 188 valence electrons. The summed E-state index contributed by atoms with van der Waals surface area (Å²) in [4.78, 5) is 17.5. The molecule has 0 unspecified atom stereocenters. The normalized spacial score (nSPS) is 19.4. The van der Waals surface area contributed by atoms with Crippen molar-refractivity contribution in [2.24, 2.45) is 0 Å². The number of aromatic nitrogens is 1. The third kappa shape index (κ3) is 5.25. The van der Waals surface area contributed by atoms with Gasteiger partial charge in [0.25, 0.3) is 5.91 Å². The number of carbonyl (C=O) groups is 1. The monoisotopic (exact) mass is 492 g/mol. The molecule has 2 aliphatic heterocycles. The first-order chi connectivity index (χ1) is 16.0. The van der Waals surface area contributed by atoms with E-state index in [1.807, 2.05) is 42.7 Å². The highest BCUT2D eigenvalue weighted by Gasteiger charge is 2.30. The minimum atomic E-state index is -4.23. The molecule has 3 heterocycles. The average Bonchev–Trinajstić information content (AvgIpc) is 3.17. The highest BCUT2D eigenvalue weighted by atomic mass is 32.2. The molecule has 4 rings (SSSR count). The lowest BCUT2D eigenvalue weighted by molar-refractivity contribution is 0.0680. The number of carbonyl (C=O) groups excluding carboxylic acids is 1. The van der Waals surface area contributed by atoms with Crippen LogP contribution in [-0.2, 0) is 10.3 Å². The minimum absolute atomic E-state index is 0.0719. The Morgan fingerprint density at radius 1 is 0.971 bits per heavy atom. The van der Waals surface area contributed by atoms with Gasteiger partial charge in [0.15, 0.2) is 0 Å².